The van der Waals surface area contributed by atoms with Crippen molar-refractivity contribution in [1.82, 2.24) is 0 Å². The maximum Gasteiger partial charge on any atom is 0.351 e. The van der Waals surface area contributed by atoms with Crippen molar-refractivity contribution >= 4 is 23.5 Å². The van der Waals surface area contributed by atoms with Gasteiger partial charge in [-0.15, -0.1) is 0 Å². The molecule has 2 aromatic rings. The molecule has 0 aliphatic carbocycles. The molecule has 1 aromatic carbocycles. The Bertz CT molecular complexity index is 811. The Hall–Kier alpha value is -2.73. The van der Waals surface area contributed by atoms with E-state index in [9.17, 15) is 24.9 Å². The Balaban J connectivity index is 2.35. The molecule has 1 heterocycles. The van der Waals surface area contributed by atoms with Gasteiger partial charge in [0.15, 0.2) is 17.3 Å². The molecule has 22 heavy (non-hydrogen) atoms. The topological polar surface area (TPSA) is 108 Å². The van der Waals surface area contributed by atoms with E-state index in [1.165, 1.54) is 25.1 Å². The highest BCUT2D eigenvalue weighted by Gasteiger charge is 2.16. The Labute approximate surface area is 129 Å². The number of aromatic hydroxyl groups is 3. The van der Waals surface area contributed by atoms with Gasteiger partial charge in [-0.2, -0.15) is 0 Å². The molecular formula is C15H11ClO6. The zero-order valence-electron chi connectivity index (χ0n) is 11.3. The van der Waals surface area contributed by atoms with Crippen molar-refractivity contribution in [3.8, 4) is 17.2 Å². The number of halogens is 1. The molecule has 0 bridgehead atoms. The largest absolute Gasteiger partial charge is 0.507 e. The lowest BCUT2D eigenvalue weighted by Gasteiger charge is -2.02. The van der Waals surface area contributed by atoms with E-state index in [4.69, 9.17) is 16.0 Å². The molecular weight excluding hydrogens is 312 g/mol. The molecule has 0 fully saturated rings. The first-order chi connectivity index (χ1) is 10.3. The third-order valence-electron chi connectivity index (χ3n) is 2.79. The van der Waals surface area contributed by atoms with Crippen LogP contribution >= 0.6 is 11.6 Å². The van der Waals surface area contributed by atoms with E-state index >= 15 is 0 Å². The van der Waals surface area contributed by atoms with Crippen molar-refractivity contribution in [3.05, 3.63) is 56.6 Å². The van der Waals surface area contributed by atoms with Gasteiger partial charge in [-0.05, 0) is 30.7 Å². The predicted octanol–water partition coefficient (Wildman–Crippen LogP) is 2.61. The van der Waals surface area contributed by atoms with E-state index in [0.29, 0.717) is 5.56 Å². The molecule has 0 spiro atoms. The first-order valence-electron chi connectivity index (χ1n) is 6.07. The summed E-state index contributed by atoms with van der Waals surface area (Å²) in [5, 5.41) is 28.3. The second-order valence-electron chi connectivity index (χ2n) is 4.47. The van der Waals surface area contributed by atoms with Gasteiger partial charge in [-0.25, -0.2) is 4.79 Å². The van der Waals surface area contributed by atoms with Crippen LogP contribution in [0.5, 0.6) is 17.2 Å². The van der Waals surface area contributed by atoms with Gasteiger partial charge in [-0.3, -0.25) is 4.79 Å². The number of rotatable bonds is 3. The molecule has 0 aliphatic rings. The fourth-order valence-electron chi connectivity index (χ4n) is 1.78. The quantitative estimate of drug-likeness (QED) is 0.455. The highest BCUT2D eigenvalue weighted by Crippen LogP contribution is 2.34. The van der Waals surface area contributed by atoms with Crippen LogP contribution in [0.2, 0.25) is 5.02 Å². The molecule has 0 unspecified atom stereocenters. The molecule has 0 saturated heterocycles. The van der Waals surface area contributed by atoms with Gasteiger partial charge in [-0.1, -0.05) is 17.7 Å². The van der Waals surface area contributed by atoms with E-state index in [1.807, 2.05) is 0 Å². The normalized spacial score (nSPS) is 11.0. The van der Waals surface area contributed by atoms with Crippen LogP contribution < -0.4 is 5.63 Å². The number of carbonyl (C=O) groups excluding carboxylic acids is 1. The molecule has 3 N–H and O–H groups in total. The number of aryl methyl sites for hydroxylation is 1. The van der Waals surface area contributed by atoms with Crippen molar-refractivity contribution < 1.29 is 24.5 Å². The van der Waals surface area contributed by atoms with Crippen molar-refractivity contribution in [2.24, 2.45) is 0 Å². The molecule has 7 heteroatoms. The number of hydrogen-bond donors (Lipinski definition) is 3. The minimum absolute atomic E-state index is 0.0928. The van der Waals surface area contributed by atoms with Crippen LogP contribution in [0.1, 0.15) is 21.7 Å². The predicted molar refractivity (Wildman–Crippen MR) is 79.5 cm³/mol. The minimum atomic E-state index is -0.946. The Kier molecular flexibility index (Phi) is 4.23. The van der Waals surface area contributed by atoms with Crippen LogP contribution in [0.3, 0.4) is 0 Å². The lowest BCUT2D eigenvalue weighted by molar-refractivity contribution is 0.104. The van der Waals surface area contributed by atoms with Gasteiger partial charge in [0.1, 0.15) is 17.1 Å². The molecule has 0 aliphatic heterocycles. The molecule has 0 radical (unpaired) electrons. The van der Waals surface area contributed by atoms with Gasteiger partial charge in [0.25, 0.3) is 0 Å². The van der Waals surface area contributed by atoms with E-state index in [0.717, 1.165) is 12.1 Å². The number of benzene rings is 1. The SMILES string of the molecule is Cc1cc(O)c(C(=O)/C=C/c2cc(O)c(O)c(Cl)c2)c(=O)o1. The second kappa shape index (κ2) is 5.95. The zero-order chi connectivity index (χ0) is 16.4. The van der Waals surface area contributed by atoms with Crippen molar-refractivity contribution in [2.45, 2.75) is 6.92 Å². The van der Waals surface area contributed by atoms with Crippen molar-refractivity contribution in [3.63, 3.8) is 0 Å². The fourth-order valence-corrected chi connectivity index (χ4v) is 2.00. The highest BCUT2D eigenvalue weighted by atomic mass is 35.5. The molecule has 0 amide bonds. The smallest absolute Gasteiger partial charge is 0.351 e. The standard InChI is InChI=1S/C15H11ClO6/c1-7-4-11(18)13(15(21)22-7)10(17)3-2-8-5-9(16)14(20)12(19)6-8/h2-6,18-20H,1H3/b3-2+. The highest BCUT2D eigenvalue weighted by molar-refractivity contribution is 6.32. The Morgan fingerprint density at radius 3 is 2.45 bits per heavy atom. The monoisotopic (exact) mass is 322 g/mol. The first kappa shape index (κ1) is 15.7. The average molecular weight is 323 g/mol. The molecule has 2 rings (SSSR count). The summed E-state index contributed by atoms with van der Waals surface area (Å²) in [6.07, 6.45) is 2.29. The first-order valence-corrected chi connectivity index (χ1v) is 6.45. The lowest BCUT2D eigenvalue weighted by Crippen LogP contribution is -2.12. The van der Waals surface area contributed by atoms with E-state index in [1.54, 1.807) is 0 Å². The van der Waals surface area contributed by atoms with Gasteiger partial charge in [0.2, 0.25) is 0 Å². The van der Waals surface area contributed by atoms with E-state index < -0.39 is 34.2 Å². The molecule has 6 nitrogen and oxygen atoms in total. The van der Waals surface area contributed by atoms with E-state index in [-0.39, 0.29) is 10.8 Å². The summed E-state index contributed by atoms with van der Waals surface area (Å²) >= 11 is 5.69. The summed E-state index contributed by atoms with van der Waals surface area (Å²) in [6, 6.07) is 3.66. The lowest BCUT2D eigenvalue weighted by atomic mass is 10.1. The number of phenolic OH excluding ortho intramolecular Hbond substituents is 2. The number of ketones is 1. The summed E-state index contributed by atoms with van der Waals surface area (Å²) in [5.74, 6) is -1.98. The summed E-state index contributed by atoms with van der Waals surface area (Å²) < 4.78 is 4.75. The Morgan fingerprint density at radius 1 is 1.18 bits per heavy atom. The van der Waals surface area contributed by atoms with Crippen LogP contribution in [-0.2, 0) is 0 Å². The van der Waals surface area contributed by atoms with Crippen LogP contribution in [0.15, 0.2) is 33.5 Å². The minimum Gasteiger partial charge on any atom is -0.507 e. The van der Waals surface area contributed by atoms with Crippen LogP contribution in [0.25, 0.3) is 6.08 Å². The molecule has 0 saturated carbocycles. The van der Waals surface area contributed by atoms with Gasteiger partial charge >= 0.3 is 5.63 Å². The van der Waals surface area contributed by atoms with Crippen molar-refractivity contribution in [2.75, 3.05) is 0 Å². The van der Waals surface area contributed by atoms with Gasteiger partial charge in [0, 0.05) is 6.07 Å². The maximum absolute atomic E-state index is 12.0. The van der Waals surface area contributed by atoms with Crippen LogP contribution in [0.4, 0.5) is 0 Å². The molecule has 114 valence electrons. The van der Waals surface area contributed by atoms with Crippen LogP contribution in [-0.4, -0.2) is 21.1 Å². The summed E-state index contributed by atoms with van der Waals surface area (Å²) in [4.78, 5) is 23.5. The van der Waals surface area contributed by atoms with E-state index in [2.05, 4.69) is 0 Å². The Morgan fingerprint density at radius 2 is 1.86 bits per heavy atom. The van der Waals surface area contributed by atoms with Crippen molar-refractivity contribution in [1.29, 1.82) is 0 Å². The number of carbonyl (C=O) groups is 1. The third-order valence-corrected chi connectivity index (χ3v) is 3.08. The summed E-state index contributed by atoms with van der Waals surface area (Å²) in [7, 11) is 0. The van der Waals surface area contributed by atoms with Gasteiger partial charge < -0.3 is 19.7 Å². The van der Waals surface area contributed by atoms with Gasteiger partial charge in [0.05, 0.1) is 5.02 Å². The average Bonchev–Trinajstić information content (AvgIpc) is 2.41. The molecule has 0 atom stereocenters. The zero-order valence-corrected chi connectivity index (χ0v) is 12.1. The third kappa shape index (κ3) is 3.12. The maximum atomic E-state index is 12.0. The second-order valence-corrected chi connectivity index (χ2v) is 4.88. The number of phenols is 2. The fraction of sp³-hybridized carbons (Fsp3) is 0.0667. The summed E-state index contributed by atoms with van der Waals surface area (Å²) in [5.41, 5.74) is -1.11. The number of allylic oxidation sites excluding steroid dienone is 1. The van der Waals surface area contributed by atoms with Crippen LogP contribution in [0, 0.1) is 6.92 Å². The summed E-state index contributed by atoms with van der Waals surface area (Å²) in [6.45, 7) is 1.46. The number of hydrogen-bond acceptors (Lipinski definition) is 6. The molecule has 1 aromatic heterocycles.